The second-order valence-corrected chi connectivity index (χ2v) is 5.97. The Hall–Kier alpha value is -0.0300. The number of rotatable bonds is 5. The molecule has 0 aromatic heterocycles. The summed E-state index contributed by atoms with van der Waals surface area (Å²) in [7, 11) is 0. The first kappa shape index (κ1) is 13.0. The summed E-state index contributed by atoms with van der Waals surface area (Å²) in [5.74, 6) is 0. The smallest absolute Gasteiger partial charge is 0.0547 e. The lowest BCUT2D eigenvalue weighted by atomic mass is 10.1. The highest BCUT2D eigenvalue weighted by molar-refractivity contribution is 9.10. The van der Waals surface area contributed by atoms with E-state index < -0.39 is 0 Å². The predicted molar refractivity (Wildman–Crippen MR) is 70.1 cm³/mol. The van der Waals surface area contributed by atoms with E-state index in [9.17, 15) is 0 Å². The summed E-state index contributed by atoms with van der Waals surface area (Å²) in [5.41, 5.74) is 6.95. The van der Waals surface area contributed by atoms with Crippen molar-refractivity contribution in [2.75, 3.05) is 13.2 Å². The van der Waals surface area contributed by atoms with Gasteiger partial charge in [0.15, 0.2) is 0 Å². The molecule has 3 N–H and O–H groups in total. The summed E-state index contributed by atoms with van der Waals surface area (Å²) >= 11 is 5.12. The zero-order valence-corrected chi connectivity index (χ0v) is 11.1. The molecule has 0 radical (unpaired) electrons. The van der Waals surface area contributed by atoms with Crippen LogP contribution < -0.4 is 5.73 Å². The second-order valence-electron chi connectivity index (χ2n) is 3.41. The molecule has 0 saturated carbocycles. The van der Waals surface area contributed by atoms with Gasteiger partial charge in [0.1, 0.15) is 0 Å². The minimum absolute atomic E-state index is 0.192. The third-order valence-corrected chi connectivity index (χ3v) is 4.05. The molecule has 0 fully saturated rings. The number of halogens is 1. The molecule has 1 aromatic rings. The molecule has 0 bridgehead atoms. The molecule has 0 spiro atoms. The van der Waals surface area contributed by atoms with E-state index in [1.807, 2.05) is 19.1 Å². The van der Waals surface area contributed by atoms with Crippen LogP contribution in [0.2, 0.25) is 0 Å². The molecule has 0 aliphatic carbocycles. The van der Waals surface area contributed by atoms with E-state index >= 15 is 0 Å². The van der Waals surface area contributed by atoms with Crippen LogP contribution in [0.3, 0.4) is 0 Å². The highest BCUT2D eigenvalue weighted by Gasteiger charge is 2.13. The van der Waals surface area contributed by atoms with Crippen LogP contribution in [-0.4, -0.2) is 23.5 Å². The molecule has 1 aromatic carbocycles. The fraction of sp³-hybridized carbons (Fsp3) is 0.455. The van der Waals surface area contributed by atoms with Gasteiger partial charge >= 0.3 is 0 Å². The Kier molecular flexibility index (Phi) is 5.68. The van der Waals surface area contributed by atoms with Crippen LogP contribution in [0.4, 0.5) is 0 Å². The minimum atomic E-state index is 0.192. The summed E-state index contributed by atoms with van der Waals surface area (Å²) in [4.78, 5) is 0. The molecule has 2 unspecified atom stereocenters. The van der Waals surface area contributed by atoms with Crippen LogP contribution in [0.15, 0.2) is 28.7 Å². The van der Waals surface area contributed by atoms with Crippen LogP contribution in [0.1, 0.15) is 17.7 Å². The van der Waals surface area contributed by atoms with Crippen molar-refractivity contribution in [2.45, 2.75) is 17.4 Å². The standard InChI is InChI=1S/C11H16BrNOS/c1-8(7-14)15-11(6-13)9-2-4-10(12)5-3-9/h2-5,8,11,14H,6-7,13H2,1H3. The summed E-state index contributed by atoms with van der Waals surface area (Å²) in [5, 5.41) is 9.49. The molecular formula is C11H16BrNOS. The van der Waals surface area contributed by atoms with E-state index in [-0.39, 0.29) is 17.1 Å². The molecule has 0 heterocycles. The van der Waals surface area contributed by atoms with Gasteiger partial charge in [0, 0.05) is 21.5 Å². The molecule has 84 valence electrons. The van der Waals surface area contributed by atoms with Gasteiger partial charge in [-0.1, -0.05) is 35.0 Å². The number of thioether (sulfide) groups is 1. The van der Waals surface area contributed by atoms with Gasteiger partial charge in [-0.15, -0.1) is 11.8 Å². The first-order valence-electron chi connectivity index (χ1n) is 4.89. The largest absolute Gasteiger partial charge is 0.395 e. The van der Waals surface area contributed by atoms with Gasteiger partial charge in [0.05, 0.1) is 6.61 Å². The molecule has 0 aliphatic rings. The maximum Gasteiger partial charge on any atom is 0.0547 e. The number of hydrogen-bond acceptors (Lipinski definition) is 3. The first-order chi connectivity index (χ1) is 7.17. The van der Waals surface area contributed by atoms with E-state index in [4.69, 9.17) is 10.8 Å². The van der Waals surface area contributed by atoms with Crippen molar-refractivity contribution in [1.29, 1.82) is 0 Å². The Bertz CT molecular complexity index is 291. The Morgan fingerprint density at radius 2 is 2.00 bits per heavy atom. The normalized spacial score (nSPS) is 14.9. The van der Waals surface area contributed by atoms with Crippen molar-refractivity contribution in [3.8, 4) is 0 Å². The lowest BCUT2D eigenvalue weighted by Crippen LogP contribution is -2.14. The van der Waals surface area contributed by atoms with Gasteiger partial charge in [-0.2, -0.15) is 0 Å². The summed E-state index contributed by atoms with van der Waals surface area (Å²) < 4.78 is 1.07. The van der Waals surface area contributed by atoms with E-state index in [0.717, 1.165) is 4.47 Å². The molecule has 2 nitrogen and oxygen atoms in total. The molecule has 2 atom stereocenters. The molecule has 1 rings (SSSR count). The van der Waals surface area contributed by atoms with Crippen LogP contribution in [0, 0.1) is 0 Å². The Morgan fingerprint density at radius 3 is 2.47 bits per heavy atom. The van der Waals surface area contributed by atoms with Crippen molar-refractivity contribution in [3.05, 3.63) is 34.3 Å². The van der Waals surface area contributed by atoms with Crippen LogP contribution >= 0.6 is 27.7 Å². The number of hydrogen-bond donors (Lipinski definition) is 2. The molecular weight excluding hydrogens is 274 g/mol. The molecule has 0 saturated heterocycles. The van der Waals surface area contributed by atoms with Crippen molar-refractivity contribution < 1.29 is 5.11 Å². The average Bonchev–Trinajstić information content (AvgIpc) is 2.27. The van der Waals surface area contributed by atoms with Gasteiger partial charge in [-0.05, 0) is 17.7 Å². The summed E-state index contributed by atoms with van der Waals surface area (Å²) in [6, 6.07) is 8.17. The topological polar surface area (TPSA) is 46.2 Å². The van der Waals surface area contributed by atoms with Crippen molar-refractivity contribution in [3.63, 3.8) is 0 Å². The monoisotopic (exact) mass is 289 g/mol. The highest BCUT2D eigenvalue weighted by Crippen LogP contribution is 2.31. The lowest BCUT2D eigenvalue weighted by molar-refractivity contribution is 0.300. The first-order valence-corrected chi connectivity index (χ1v) is 6.62. The average molecular weight is 290 g/mol. The minimum Gasteiger partial charge on any atom is -0.395 e. The van der Waals surface area contributed by atoms with Crippen molar-refractivity contribution in [1.82, 2.24) is 0 Å². The third-order valence-electron chi connectivity index (χ3n) is 2.11. The molecule has 4 heteroatoms. The molecule has 0 aliphatic heterocycles. The van der Waals surface area contributed by atoms with E-state index in [2.05, 4.69) is 28.1 Å². The Balaban J connectivity index is 2.69. The number of aliphatic hydroxyl groups excluding tert-OH is 1. The molecule has 0 amide bonds. The zero-order chi connectivity index (χ0) is 11.3. The van der Waals surface area contributed by atoms with Gasteiger partial charge in [-0.25, -0.2) is 0 Å². The summed E-state index contributed by atoms with van der Waals surface area (Å²) in [6.07, 6.45) is 0. The van der Waals surface area contributed by atoms with Gasteiger partial charge in [0.25, 0.3) is 0 Å². The van der Waals surface area contributed by atoms with Crippen LogP contribution in [0.5, 0.6) is 0 Å². The lowest BCUT2D eigenvalue weighted by Gasteiger charge is -2.18. The fourth-order valence-electron chi connectivity index (χ4n) is 1.27. The number of aliphatic hydroxyl groups is 1. The quantitative estimate of drug-likeness (QED) is 0.876. The maximum absolute atomic E-state index is 9.00. The van der Waals surface area contributed by atoms with E-state index in [1.165, 1.54) is 5.56 Å². The van der Waals surface area contributed by atoms with Crippen molar-refractivity contribution in [2.24, 2.45) is 5.73 Å². The highest BCUT2D eigenvalue weighted by atomic mass is 79.9. The molecule has 15 heavy (non-hydrogen) atoms. The Labute approximate surface area is 103 Å². The predicted octanol–water partition coefficient (Wildman–Crippen LogP) is 2.56. The SMILES string of the molecule is CC(CO)SC(CN)c1ccc(Br)cc1. The van der Waals surface area contributed by atoms with Gasteiger partial charge in [0.2, 0.25) is 0 Å². The number of benzene rings is 1. The Morgan fingerprint density at radius 1 is 1.40 bits per heavy atom. The maximum atomic E-state index is 9.00. The van der Waals surface area contributed by atoms with Crippen LogP contribution in [-0.2, 0) is 0 Å². The second kappa shape index (κ2) is 6.53. The van der Waals surface area contributed by atoms with E-state index in [0.29, 0.717) is 6.54 Å². The van der Waals surface area contributed by atoms with Gasteiger partial charge < -0.3 is 10.8 Å². The zero-order valence-electron chi connectivity index (χ0n) is 8.69. The van der Waals surface area contributed by atoms with E-state index in [1.54, 1.807) is 11.8 Å². The summed E-state index contributed by atoms with van der Waals surface area (Å²) in [6.45, 7) is 2.79. The van der Waals surface area contributed by atoms with Gasteiger partial charge in [-0.3, -0.25) is 0 Å². The van der Waals surface area contributed by atoms with Crippen molar-refractivity contribution >= 4 is 27.7 Å². The van der Waals surface area contributed by atoms with Crippen LogP contribution in [0.25, 0.3) is 0 Å². The fourth-order valence-corrected chi connectivity index (χ4v) is 2.61. The third kappa shape index (κ3) is 4.15. The number of nitrogens with two attached hydrogens (primary N) is 1.